The Morgan fingerprint density at radius 3 is 1.87 bits per heavy atom. The van der Waals surface area contributed by atoms with Gasteiger partial charge in [0.15, 0.2) is 0 Å². The van der Waals surface area contributed by atoms with Crippen molar-refractivity contribution in [2.45, 2.75) is 6.92 Å². The van der Waals surface area contributed by atoms with Gasteiger partial charge < -0.3 is 0 Å². The van der Waals surface area contributed by atoms with E-state index < -0.39 is 5.91 Å². The Balaban J connectivity index is 1.64. The largest absolute Gasteiger partial charge is 0.309 e. The molecule has 1 N–H and O–H groups in total. The average molecular weight is 392 g/mol. The number of amides is 1. The first-order chi connectivity index (χ1) is 14.7. The third-order valence-corrected chi connectivity index (χ3v) is 4.53. The Kier molecular flexibility index (Phi) is 5.71. The number of benzene rings is 3. The fourth-order valence-corrected chi connectivity index (χ4v) is 2.93. The number of carbonyl (C=O) groups excluding carboxylic acids is 1. The molecule has 5 heteroatoms. The molecule has 4 aromatic rings. The second-order valence-electron chi connectivity index (χ2n) is 6.80. The Hall–Kier alpha value is -4.12. The summed E-state index contributed by atoms with van der Waals surface area (Å²) in [6.07, 6.45) is 1.59. The smallest absolute Gasteiger partial charge is 0.264 e. The minimum absolute atomic E-state index is 0.0660. The molecule has 0 unspecified atom stereocenters. The minimum Gasteiger partial charge on any atom is -0.264 e. The number of hydrazone groups is 1. The van der Waals surface area contributed by atoms with E-state index in [0.717, 1.165) is 22.3 Å². The van der Waals surface area contributed by atoms with Gasteiger partial charge in [0.25, 0.3) is 0 Å². The predicted molar refractivity (Wildman–Crippen MR) is 119 cm³/mol. The third kappa shape index (κ3) is 4.64. The fourth-order valence-electron chi connectivity index (χ4n) is 2.93. The van der Waals surface area contributed by atoms with Crippen molar-refractivity contribution in [1.29, 1.82) is 0 Å². The summed E-state index contributed by atoms with van der Waals surface area (Å²) in [5, 5.41) is 4.05. The standard InChI is InChI=1S/C25H20N4O/c1-18-12-14-19(15-13-18)17-26-29-25(30)24-27-22(20-8-4-2-5-9-20)16-23(28-24)21-10-6-3-7-11-21/h2-17H,1H3,(H,29,30). The van der Waals surface area contributed by atoms with Gasteiger partial charge in [-0.15, -0.1) is 0 Å². The van der Waals surface area contributed by atoms with Crippen LogP contribution in [0.5, 0.6) is 0 Å². The molecule has 0 saturated carbocycles. The van der Waals surface area contributed by atoms with Gasteiger partial charge >= 0.3 is 5.91 Å². The van der Waals surface area contributed by atoms with Crippen LogP contribution in [0, 0.1) is 6.92 Å². The van der Waals surface area contributed by atoms with Crippen molar-refractivity contribution in [3.63, 3.8) is 0 Å². The number of hydrogen-bond donors (Lipinski definition) is 1. The van der Waals surface area contributed by atoms with Crippen molar-refractivity contribution >= 4 is 12.1 Å². The number of nitrogens with one attached hydrogen (secondary N) is 1. The molecule has 0 radical (unpaired) electrons. The zero-order chi connectivity index (χ0) is 20.8. The first-order valence-corrected chi connectivity index (χ1v) is 9.59. The third-order valence-electron chi connectivity index (χ3n) is 4.53. The topological polar surface area (TPSA) is 67.2 Å². The van der Waals surface area contributed by atoms with Crippen LogP contribution in [0.4, 0.5) is 0 Å². The molecule has 0 atom stereocenters. The highest BCUT2D eigenvalue weighted by Crippen LogP contribution is 2.23. The van der Waals surface area contributed by atoms with Gasteiger partial charge in [-0.2, -0.15) is 5.10 Å². The summed E-state index contributed by atoms with van der Waals surface area (Å²) < 4.78 is 0. The van der Waals surface area contributed by atoms with E-state index in [1.807, 2.05) is 97.9 Å². The lowest BCUT2D eigenvalue weighted by Crippen LogP contribution is -2.21. The van der Waals surface area contributed by atoms with Gasteiger partial charge in [-0.3, -0.25) is 4.79 Å². The van der Waals surface area contributed by atoms with Gasteiger partial charge in [-0.25, -0.2) is 15.4 Å². The molecule has 4 rings (SSSR count). The first-order valence-electron chi connectivity index (χ1n) is 9.59. The molecule has 30 heavy (non-hydrogen) atoms. The lowest BCUT2D eigenvalue weighted by Gasteiger charge is -2.08. The van der Waals surface area contributed by atoms with Crippen molar-refractivity contribution in [1.82, 2.24) is 15.4 Å². The molecule has 5 nitrogen and oxygen atoms in total. The Morgan fingerprint density at radius 2 is 1.33 bits per heavy atom. The number of rotatable bonds is 5. The molecule has 1 amide bonds. The van der Waals surface area contributed by atoms with Crippen LogP contribution in [0.25, 0.3) is 22.5 Å². The van der Waals surface area contributed by atoms with Crippen LogP contribution < -0.4 is 5.43 Å². The van der Waals surface area contributed by atoms with Crippen LogP contribution in [0.3, 0.4) is 0 Å². The predicted octanol–water partition coefficient (Wildman–Crippen LogP) is 4.88. The summed E-state index contributed by atoms with van der Waals surface area (Å²) in [5.74, 6) is -0.399. The van der Waals surface area contributed by atoms with Gasteiger partial charge in [-0.05, 0) is 18.6 Å². The Bertz CT molecular complexity index is 1110. The highest BCUT2D eigenvalue weighted by Gasteiger charge is 2.14. The van der Waals surface area contributed by atoms with E-state index in [4.69, 9.17) is 0 Å². The van der Waals surface area contributed by atoms with Gasteiger partial charge in [-0.1, -0.05) is 90.5 Å². The second kappa shape index (κ2) is 8.92. The summed E-state index contributed by atoms with van der Waals surface area (Å²) >= 11 is 0. The fraction of sp³-hybridized carbons (Fsp3) is 0.0400. The molecule has 0 aliphatic heterocycles. The maximum Gasteiger partial charge on any atom is 0.309 e. The van der Waals surface area contributed by atoms with Gasteiger partial charge in [0.05, 0.1) is 17.6 Å². The molecule has 0 saturated heterocycles. The van der Waals surface area contributed by atoms with E-state index in [1.54, 1.807) is 6.21 Å². The Morgan fingerprint density at radius 1 is 0.800 bits per heavy atom. The van der Waals surface area contributed by atoms with Crippen LogP contribution in [0.15, 0.2) is 96.1 Å². The molecular formula is C25H20N4O. The maximum absolute atomic E-state index is 12.7. The highest BCUT2D eigenvalue weighted by molar-refractivity contribution is 5.92. The van der Waals surface area contributed by atoms with Gasteiger partial charge in [0.2, 0.25) is 5.82 Å². The zero-order valence-electron chi connectivity index (χ0n) is 16.5. The number of aryl methyl sites for hydroxylation is 1. The lowest BCUT2D eigenvalue weighted by atomic mass is 10.1. The second-order valence-corrected chi connectivity index (χ2v) is 6.80. The Labute approximate surface area is 175 Å². The minimum atomic E-state index is -0.465. The van der Waals surface area contributed by atoms with Gasteiger partial charge in [0, 0.05) is 11.1 Å². The molecule has 1 aromatic heterocycles. The van der Waals surface area contributed by atoms with Crippen LogP contribution in [-0.2, 0) is 0 Å². The summed E-state index contributed by atoms with van der Waals surface area (Å²) in [5.41, 5.74) is 7.76. The van der Waals surface area contributed by atoms with E-state index in [-0.39, 0.29) is 5.82 Å². The van der Waals surface area contributed by atoms with Crippen molar-refractivity contribution in [3.05, 3.63) is 108 Å². The average Bonchev–Trinajstić information content (AvgIpc) is 2.81. The SMILES string of the molecule is Cc1ccc(C=NNC(=O)c2nc(-c3ccccc3)cc(-c3ccccc3)n2)cc1. The molecule has 0 bridgehead atoms. The molecule has 0 aliphatic carbocycles. The monoisotopic (exact) mass is 392 g/mol. The van der Waals surface area contributed by atoms with Crippen molar-refractivity contribution in [2.75, 3.05) is 0 Å². The van der Waals surface area contributed by atoms with E-state index in [0.29, 0.717) is 11.4 Å². The summed E-state index contributed by atoms with van der Waals surface area (Å²) in [7, 11) is 0. The molecule has 1 heterocycles. The van der Waals surface area contributed by atoms with Crippen molar-refractivity contribution in [3.8, 4) is 22.5 Å². The summed E-state index contributed by atoms with van der Waals surface area (Å²) in [6, 6.07) is 29.2. The van der Waals surface area contributed by atoms with E-state index in [1.165, 1.54) is 0 Å². The van der Waals surface area contributed by atoms with Crippen molar-refractivity contribution < 1.29 is 4.79 Å². The molecule has 146 valence electrons. The number of hydrogen-bond acceptors (Lipinski definition) is 4. The van der Waals surface area contributed by atoms with Gasteiger partial charge in [0.1, 0.15) is 0 Å². The summed E-state index contributed by atoms with van der Waals surface area (Å²) in [6.45, 7) is 2.02. The molecular weight excluding hydrogens is 372 g/mol. The van der Waals surface area contributed by atoms with Crippen LogP contribution >= 0.6 is 0 Å². The van der Waals surface area contributed by atoms with E-state index in [9.17, 15) is 4.79 Å². The lowest BCUT2D eigenvalue weighted by molar-refractivity contribution is 0.0945. The molecule has 0 fully saturated rings. The van der Waals surface area contributed by atoms with E-state index >= 15 is 0 Å². The zero-order valence-corrected chi connectivity index (χ0v) is 16.5. The summed E-state index contributed by atoms with van der Waals surface area (Å²) in [4.78, 5) is 21.6. The molecule has 0 spiro atoms. The van der Waals surface area contributed by atoms with Crippen LogP contribution in [0.1, 0.15) is 21.7 Å². The number of aromatic nitrogens is 2. The highest BCUT2D eigenvalue weighted by atomic mass is 16.2. The normalized spacial score (nSPS) is 10.8. The van der Waals surface area contributed by atoms with E-state index in [2.05, 4.69) is 20.5 Å². The number of nitrogens with zero attached hydrogens (tertiary/aromatic N) is 3. The quantitative estimate of drug-likeness (QED) is 0.389. The maximum atomic E-state index is 12.7. The van der Waals surface area contributed by atoms with Crippen molar-refractivity contribution in [2.24, 2.45) is 5.10 Å². The van der Waals surface area contributed by atoms with Crippen LogP contribution in [0.2, 0.25) is 0 Å². The molecule has 3 aromatic carbocycles. The number of carbonyl (C=O) groups is 1. The first kappa shape index (κ1) is 19.2. The molecule has 0 aliphatic rings. The van der Waals surface area contributed by atoms with Crippen LogP contribution in [-0.4, -0.2) is 22.1 Å².